The summed E-state index contributed by atoms with van der Waals surface area (Å²) in [6.45, 7) is 2.85. The Morgan fingerprint density at radius 1 is 1.25 bits per heavy atom. The molecule has 2 amide bonds. The summed E-state index contributed by atoms with van der Waals surface area (Å²) in [7, 11) is 0. The van der Waals surface area contributed by atoms with Crippen LogP contribution >= 0.6 is 0 Å². The monoisotopic (exact) mass is 330 g/mol. The number of nitrogens with zero attached hydrogens (tertiary/aromatic N) is 2. The molecule has 2 aromatic rings. The zero-order chi connectivity index (χ0) is 17.1. The van der Waals surface area contributed by atoms with E-state index in [1.807, 2.05) is 0 Å². The lowest BCUT2D eigenvalue weighted by atomic mass is 10.0. The van der Waals surface area contributed by atoms with E-state index in [0.29, 0.717) is 29.9 Å². The quantitative estimate of drug-likeness (QED) is 0.903. The maximum Gasteiger partial charge on any atom is 0.255 e. The molecule has 2 heterocycles. The third-order valence-corrected chi connectivity index (χ3v) is 4.29. The highest BCUT2D eigenvalue weighted by molar-refractivity contribution is 5.99. The Morgan fingerprint density at radius 3 is 2.54 bits per heavy atom. The first-order valence-electron chi connectivity index (χ1n) is 7.90. The molecule has 0 bridgehead atoms. The number of nitrogens with one attached hydrogen (secondary N) is 2. The highest BCUT2D eigenvalue weighted by atomic mass is 19.1. The zero-order valence-corrected chi connectivity index (χ0v) is 13.4. The van der Waals surface area contributed by atoms with Gasteiger partial charge >= 0.3 is 0 Å². The second kappa shape index (κ2) is 6.82. The molecule has 0 radical (unpaired) electrons. The molecular weight excluding hydrogens is 311 g/mol. The molecule has 0 atom stereocenters. The first-order valence-corrected chi connectivity index (χ1v) is 7.90. The number of amides is 2. The summed E-state index contributed by atoms with van der Waals surface area (Å²) in [4.78, 5) is 25.6. The van der Waals surface area contributed by atoms with Gasteiger partial charge < -0.3 is 10.2 Å². The number of hydrogen-bond acceptors (Lipinski definition) is 3. The van der Waals surface area contributed by atoms with Crippen LogP contribution in [0.2, 0.25) is 0 Å². The van der Waals surface area contributed by atoms with Gasteiger partial charge in [-0.2, -0.15) is 5.10 Å². The Balaban J connectivity index is 1.67. The number of aromatic amines is 1. The predicted octanol–water partition coefficient (Wildman–Crippen LogP) is 1.96. The lowest BCUT2D eigenvalue weighted by Crippen LogP contribution is -2.46. The molecule has 1 fully saturated rings. The van der Waals surface area contributed by atoms with Crippen LogP contribution < -0.4 is 5.32 Å². The maximum absolute atomic E-state index is 13.1. The highest BCUT2D eigenvalue weighted by Gasteiger charge is 2.24. The van der Waals surface area contributed by atoms with E-state index in [1.165, 1.54) is 18.3 Å². The van der Waals surface area contributed by atoms with Crippen molar-refractivity contribution in [2.24, 2.45) is 0 Å². The molecule has 1 aromatic carbocycles. The molecule has 7 heteroatoms. The van der Waals surface area contributed by atoms with Gasteiger partial charge in [0.05, 0.1) is 17.5 Å². The Hall–Kier alpha value is -2.70. The highest BCUT2D eigenvalue weighted by Crippen LogP contribution is 2.22. The molecule has 24 heavy (non-hydrogen) atoms. The van der Waals surface area contributed by atoms with Crippen molar-refractivity contribution in [3.63, 3.8) is 0 Å². The van der Waals surface area contributed by atoms with Crippen LogP contribution in [0.5, 0.6) is 0 Å². The molecule has 1 saturated heterocycles. The third-order valence-electron chi connectivity index (χ3n) is 4.29. The summed E-state index contributed by atoms with van der Waals surface area (Å²) in [5, 5.41) is 9.72. The lowest BCUT2D eigenvalue weighted by molar-refractivity contribution is -0.129. The van der Waals surface area contributed by atoms with Crippen LogP contribution in [0.25, 0.3) is 11.3 Å². The van der Waals surface area contributed by atoms with Gasteiger partial charge in [-0.15, -0.1) is 0 Å². The number of rotatable bonds is 3. The van der Waals surface area contributed by atoms with E-state index in [2.05, 4.69) is 15.5 Å². The van der Waals surface area contributed by atoms with Crippen LogP contribution in [0.15, 0.2) is 30.5 Å². The van der Waals surface area contributed by atoms with E-state index in [1.54, 1.807) is 24.0 Å². The molecule has 1 aliphatic rings. The average molecular weight is 330 g/mol. The number of halogens is 1. The van der Waals surface area contributed by atoms with Crippen LogP contribution in [0, 0.1) is 5.82 Å². The van der Waals surface area contributed by atoms with E-state index in [0.717, 1.165) is 12.8 Å². The third kappa shape index (κ3) is 3.45. The Morgan fingerprint density at radius 2 is 1.92 bits per heavy atom. The molecule has 3 rings (SSSR count). The minimum absolute atomic E-state index is 0.0315. The van der Waals surface area contributed by atoms with Gasteiger partial charge in [0.2, 0.25) is 5.91 Å². The maximum atomic E-state index is 13.1. The van der Waals surface area contributed by atoms with Crippen molar-refractivity contribution in [2.45, 2.75) is 25.8 Å². The number of H-pyrrole nitrogens is 1. The molecule has 2 N–H and O–H groups in total. The molecular formula is C17H19FN4O2. The van der Waals surface area contributed by atoms with Gasteiger partial charge in [-0.1, -0.05) is 0 Å². The fourth-order valence-corrected chi connectivity index (χ4v) is 2.90. The summed E-state index contributed by atoms with van der Waals surface area (Å²) in [5.41, 5.74) is 1.69. The van der Waals surface area contributed by atoms with Crippen molar-refractivity contribution < 1.29 is 14.0 Å². The van der Waals surface area contributed by atoms with E-state index in [-0.39, 0.29) is 23.7 Å². The second-order valence-corrected chi connectivity index (χ2v) is 5.92. The Labute approximate surface area is 139 Å². The number of hydrogen-bond donors (Lipinski definition) is 2. The fourth-order valence-electron chi connectivity index (χ4n) is 2.90. The summed E-state index contributed by atoms with van der Waals surface area (Å²) in [5.74, 6) is -0.487. The van der Waals surface area contributed by atoms with Gasteiger partial charge in [0.1, 0.15) is 5.82 Å². The minimum Gasteiger partial charge on any atom is -0.349 e. The summed E-state index contributed by atoms with van der Waals surface area (Å²) in [6, 6.07) is 5.92. The van der Waals surface area contributed by atoms with Crippen LogP contribution in [-0.4, -0.2) is 46.0 Å². The van der Waals surface area contributed by atoms with E-state index >= 15 is 0 Å². The number of piperidine rings is 1. The van der Waals surface area contributed by atoms with E-state index < -0.39 is 0 Å². The molecule has 1 aromatic heterocycles. The Bertz CT molecular complexity index is 733. The first kappa shape index (κ1) is 16.2. The first-order chi connectivity index (χ1) is 11.5. The molecule has 1 aliphatic heterocycles. The van der Waals surface area contributed by atoms with Crippen LogP contribution in [0.4, 0.5) is 4.39 Å². The number of benzene rings is 1. The van der Waals surface area contributed by atoms with Gasteiger partial charge in [-0.3, -0.25) is 14.7 Å². The van der Waals surface area contributed by atoms with E-state index in [4.69, 9.17) is 0 Å². The van der Waals surface area contributed by atoms with Gasteiger partial charge in [0.15, 0.2) is 0 Å². The van der Waals surface area contributed by atoms with Gasteiger partial charge in [-0.05, 0) is 37.1 Å². The average Bonchev–Trinajstić information content (AvgIpc) is 3.06. The predicted molar refractivity (Wildman–Crippen MR) is 86.7 cm³/mol. The largest absolute Gasteiger partial charge is 0.349 e. The summed E-state index contributed by atoms with van der Waals surface area (Å²) in [6.07, 6.45) is 2.93. The number of carbonyl (C=O) groups is 2. The zero-order valence-electron chi connectivity index (χ0n) is 13.4. The summed E-state index contributed by atoms with van der Waals surface area (Å²) < 4.78 is 13.1. The van der Waals surface area contributed by atoms with Crippen molar-refractivity contribution in [2.75, 3.05) is 13.1 Å². The van der Waals surface area contributed by atoms with Crippen LogP contribution in [0.1, 0.15) is 30.1 Å². The number of carbonyl (C=O) groups excluding carboxylic acids is 2. The van der Waals surface area contributed by atoms with Crippen LogP contribution in [0.3, 0.4) is 0 Å². The minimum atomic E-state index is -0.332. The van der Waals surface area contributed by atoms with Crippen molar-refractivity contribution in [1.82, 2.24) is 20.4 Å². The van der Waals surface area contributed by atoms with Crippen LogP contribution in [-0.2, 0) is 4.79 Å². The fraction of sp³-hybridized carbons (Fsp3) is 0.353. The smallest absolute Gasteiger partial charge is 0.255 e. The normalized spacial score (nSPS) is 15.3. The molecule has 0 spiro atoms. The van der Waals surface area contributed by atoms with Crippen molar-refractivity contribution >= 4 is 11.8 Å². The standard InChI is InChI=1S/C17H19FN4O2/c1-11(23)22-8-6-14(7-9-22)20-17(24)15-10-19-21-16(15)12-2-4-13(18)5-3-12/h2-5,10,14H,6-9H2,1H3,(H,19,21)(H,20,24). The number of likely N-dealkylation sites (tertiary alicyclic amines) is 1. The topological polar surface area (TPSA) is 78.1 Å². The lowest BCUT2D eigenvalue weighted by Gasteiger charge is -2.31. The van der Waals surface area contributed by atoms with Gasteiger partial charge in [0.25, 0.3) is 5.91 Å². The van der Waals surface area contributed by atoms with Crippen molar-refractivity contribution in [1.29, 1.82) is 0 Å². The second-order valence-electron chi connectivity index (χ2n) is 5.92. The van der Waals surface area contributed by atoms with E-state index in [9.17, 15) is 14.0 Å². The molecule has 0 aliphatic carbocycles. The van der Waals surface area contributed by atoms with Crippen molar-refractivity contribution in [3.05, 3.63) is 41.8 Å². The Kier molecular flexibility index (Phi) is 4.59. The van der Waals surface area contributed by atoms with Gasteiger partial charge in [-0.25, -0.2) is 4.39 Å². The van der Waals surface area contributed by atoms with Crippen molar-refractivity contribution in [3.8, 4) is 11.3 Å². The summed E-state index contributed by atoms with van der Waals surface area (Å²) >= 11 is 0. The molecule has 0 saturated carbocycles. The SMILES string of the molecule is CC(=O)N1CCC(NC(=O)c2cn[nH]c2-c2ccc(F)cc2)CC1. The molecule has 126 valence electrons. The molecule has 6 nitrogen and oxygen atoms in total. The number of aromatic nitrogens is 2. The van der Waals surface area contributed by atoms with Gasteiger partial charge in [0, 0.05) is 31.6 Å². The molecule has 0 unspecified atom stereocenters.